The Kier molecular flexibility index (Phi) is 7.46. The maximum Gasteiger partial charge on any atom is 0.132 e. The summed E-state index contributed by atoms with van der Waals surface area (Å²) in [4.78, 5) is 0. The number of hydrogen-bond acceptors (Lipinski definition) is 4. The van der Waals surface area contributed by atoms with Crippen molar-refractivity contribution in [1.82, 2.24) is 0 Å². The second kappa shape index (κ2) is 10.2. The summed E-state index contributed by atoms with van der Waals surface area (Å²) in [6.45, 7) is 11.9. The Labute approximate surface area is 214 Å². The van der Waals surface area contributed by atoms with Crippen molar-refractivity contribution in [3.8, 4) is 5.75 Å². The molecule has 4 nitrogen and oxygen atoms in total. The van der Waals surface area contributed by atoms with Gasteiger partial charge >= 0.3 is 0 Å². The van der Waals surface area contributed by atoms with E-state index in [1.54, 1.807) is 7.11 Å². The normalized spacial score (nSPS) is 19.1. The van der Waals surface area contributed by atoms with Gasteiger partial charge in [0.05, 0.1) is 6.61 Å². The van der Waals surface area contributed by atoms with E-state index in [1.807, 2.05) is 30.3 Å². The number of benzene rings is 3. The number of rotatable bonds is 7. The standard InChI is InChI=1S/C30H36ClNO3/c1-29(2,3)22-12-10-20(11-13-22)19-34-28-27(33-6)25-17-24(14-15-26(25)35-30(28,4)5)32-18-21-8-7-9-23(31)16-21/h7-17,27-28,32H,18-19H2,1-6H3. The maximum atomic E-state index is 6.47. The van der Waals surface area contributed by atoms with E-state index in [-0.39, 0.29) is 17.6 Å². The van der Waals surface area contributed by atoms with Crippen molar-refractivity contribution in [1.29, 1.82) is 0 Å². The quantitative estimate of drug-likeness (QED) is 0.366. The molecule has 1 aliphatic heterocycles. The summed E-state index contributed by atoms with van der Waals surface area (Å²) in [5.41, 5.74) is 5.11. The lowest BCUT2D eigenvalue weighted by Gasteiger charge is -2.44. The van der Waals surface area contributed by atoms with Gasteiger partial charge in [-0.3, -0.25) is 0 Å². The van der Waals surface area contributed by atoms with E-state index in [0.717, 1.165) is 33.1 Å². The van der Waals surface area contributed by atoms with Crippen molar-refractivity contribution in [3.63, 3.8) is 0 Å². The number of nitrogens with one attached hydrogen (secondary N) is 1. The first-order chi connectivity index (χ1) is 16.6. The highest BCUT2D eigenvalue weighted by Crippen LogP contribution is 2.44. The number of hydrogen-bond donors (Lipinski definition) is 1. The second-order valence-corrected chi connectivity index (χ2v) is 11.2. The molecule has 0 aliphatic carbocycles. The van der Waals surface area contributed by atoms with Crippen molar-refractivity contribution in [2.45, 2.75) is 71.0 Å². The zero-order valence-electron chi connectivity index (χ0n) is 21.5. The summed E-state index contributed by atoms with van der Waals surface area (Å²) in [7, 11) is 1.73. The Hall–Kier alpha value is -2.53. The van der Waals surface area contributed by atoms with Gasteiger partial charge in [-0.1, -0.05) is 68.8 Å². The van der Waals surface area contributed by atoms with E-state index >= 15 is 0 Å². The van der Waals surface area contributed by atoms with Gasteiger partial charge in [0.2, 0.25) is 0 Å². The number of halogens is 1. The van der Waals surface area contributed by atoms with Gasteiger partial charge in [-0.05, 0) is 66.3 Å². The van der Waals surface area contributed by atoms with E-state index in [9.17, 15) is 0 Å². The summed E-state index contributed by atoms with van der Waals surface area (Å²) in [6, 6.07) is 22.6. The third-order valence-electron chi connectivity index (χ3n) is 6.54. The van der Waals surface area contributed by atoms with Gasteiger partial charge in [-0.2, -0.15) is 0 Å². The van der Waals surface area contributed by atoms with Crippen molar-refractivity contribution in [3.05, 3.63) is 94.0 Å². The molecule has 0 radical (unpaired) electrons. The zero-order chi connectivity index (χ0) is 25.2. The molecule has 4 rings (SSSR count). The first-order valence-electron chi connectivity index (χ1n) is 12.1. The van der Waals surface area contributed by atoms with Crippen LogP contribution in [0.15, 0.2) is 66.7 Å². The van der Waals surface area contributed by atoms with E-state index in [4.69, 9.17) is 25.8 Å². The molecule has 2 atom stereocenters. The Morgan fingerprint density at radius 3 is 2.37 bits per heavy atom. The molecule has 1 heterocycles. The summed E-state index contributed by atoms with van der Waals surface area (Å²) in [6.07, 6.45) is -0.527. The number of methoxy groups -OCH3 is 1. The molecule has 0 amide bonds. The lowest BCUT2D eigenvalue weighted by Crippen LogP contribution is -2.50. The highest BCUT2D eigenvalue weighted by molar-refractivity contribution is 6.30. The fraction of sp³-hybridized carbons (Fsp3) is 0.400. The molecule has 0 spiro atoms. The van der Waals surface area contributed by atoms with Crippen LogP contribution in [0.2, 0.25) is 5.02 Å². The molecule has 35 heavy (non-hydrogen) atoms. The van der Waals surface area contributed by atoms with Gasteiger partial charge in [0.15, 0.2) is 0 Å². The molecule has 3 aromatic rings. The molecule has 0 bridgehead atoms. The van der Waals surface area contributed by atoms with Crippen LogP contribution in [-0.4, -0.2) is 18.8 Å². The third-order valence-corrected chi connectivity index (χ3v) is 6.77. The molecule has 5 heteroatoms. The maximum absolute atomic E-state index is 6.47. The van der Waals surface area contributed by atoms with Crippen LogP contribution in [0, 0.1) is 0 Å². The molecule has 0 fully saturated rings. The predicted octanol–water partition coefficient (Wildman–Crippen LogP) is 7.69. The lowest BCUT2D eigenvalue weighted by molar-refractivity contribution is -0.159. The predicted molar refractivity (Wildman–Crippen MR) is 143 cm³/mol. The Balaban J connectivity index is 1.51. The van der Waals surface area contributed by atoms with Crippen LogP contribution in [0.5, 0.6) is 5.75 Å². The molecule has 0 aromatic heterocycles. The first kappa shape index (κ1) is 25.6. The molecular formula is C30H36ClNO3. The minimum Gasteiger partial charge on any atom is -0.485 e. The van der Waals surface area contributed by atoms with Crippen LogP contribution >= 0.6 is 11.6 Å². The largest absolute Gasteiger partial charge is 0.485 e. The van der Waals surface area contributed by atoms with E-state index < -0.39 is 5.60 Å². The first-order valence-corrected chi connectivity index (χ1v) is 12.5. The van der Waals surface area contributed by atoms with E-state index in [1.165, 1.54) is 5.56 Å². The fourth-order valence-electron chi connectivity index (χ4n) is 4.52. The number of ether oxygens (including phenoxy) is 3. The minimum absolute atomic E-state index is 0.127. The average molecular weight is 494 g/mol. The van der Waals surface area contributed by atoms with Crippen LogP contribution in [0.4, 0.5) is 5.69 Å². The molecule has 0 saturated carbocycles. The van der Waals surface area contributed by atoms with Crippen LogP contribution in [0.3, 0.4) is 0 Å². The van der Waals surface area contributed by atoms with Crippen molar-refractivity contribution >= 4 is 17.3 Å². The second-order valence-electron chi connectivity index (χ2n) is 10.8. The molecule has 186 valence electrons. The van der Waals surface area contributed by atoms with Crippen molar-refractivity contribution in [2.24, 2.45) is 0 Å². The monoisotopic (exact) mass is 493 g/mol. The summed E-state index contributed by atoms with van der Waals surface area (Å²) >= 11 is 6.13. The van der Waals surface area contributed by atoms with Gasteiger partial charge < -0.3 is 19.5 Å². The molecule has 1 aliphatic rings. The van der Waals surface area contributed by atoms with E-state index in [2.05, 4.69) is 76.3 Å². The zero-order valence-corrected chi connectivity index (χ0v) is 22.3. The van der Waals surface area contributed by atoms with Gasteiger partial charge in [0, 0.05) is 29.9 Å². The molecule has 3 aromatic carbocycles. The lowest BCUT2D eigenvalue weighted by atomic mass is 9.86. The van der Waals surface area contributed by atoms with Gasteiger partial charge in [-0.25, -0.2) is 0 Å². The SMILES string of the molecule is COC1c2cc(NCc3cccc(Cl)c3)ccc2OC(C)(C)C1OCc1ccc(C(C)(C)C)cc1. The Bertz CT molecular complexity index is 1150. The summed E-state index contributed by atoms with van der Waals surface area (Å²) in [5.74, 6) is 0.824. The average Bonchev–Trinajstić information content (AvgIpc) is 2.80. The topological polar surface area (TPSA) is 39.7 Å². The number of anilines is 1. The van der Waals surface area contributed by atoms with Gasteiger partial charge in [-0.15, -0.1) is 0 Å². The van der Waals surface area contributed by atoms with Crippen molar-refractivity contribution in [2.75, 3.05) is 12.4 Å². The summed E-state index contributed by atoms with van der Waals surface area (Å²) in [5, 5.41) is 4.22. The Morgan fingerprint density at radius 2 is 1.71 bits per heavy atom. The molecule has 1 N–H and O–H groups in total. The van der Waals surface area contributed by atoms with Crippen LogP contribution in [0.1, 0.15) is 63.0 Å². The van der Waals surface area contributed by atoms with Crippen LogP contribution in [-0.2, 0) is 28.0 Å². The van der Waals surface area contributed by atoms with Gasteiger partial charge in [0.1, 0.15) is 23.6 Å². The fourth-order valence-corrected chi connectivity index (χ4v) is 4.73. The molecule has 2 unspecified atom stereocenters. The minimum atomic E-state index is -0.547. The Morgan fingerprint density at radius 1 is 0.971 bits per heavy atom. The van der Waals surface area contributed by atoms with Gasteiger partial charge in [0.25, 0.3) is 0 Å². The van der Waals surface area contributed by atoms with Crippen LogP contribution < -0.4 is 10.1 Å². The highest BCUT2D eigenvalue weighted by Gasteiger charge is 2.45. The highest BCUT2D eigenvalue weighted by atomic mass is 35.5. The third kappa shape index (κ3) is 6.00. The molecular weight excluding hydrogens is 458 g/mol. The smallest absolute Gasteiger partial charge is 0.132 e. The summed E-state index contributed by atoms with van der Waals surface area (Å²) < 4.78 is 18.9. The van der Waals surface area contributed by atoms with E-state index in [0.29, 0.717) is 13.2 Å². The van der Waals surface area contributed by atoms with Crippen LogP contribution in [0.25, 0.3) is 0 Å². The van der Waals surface area contributed by atoms with Crippen molar-refractivity contribution < 1.29 is 14.2 Å². The number of fused-ring (bicyclic) bond motifs is 1. The molecule has 0 saturated heterocycles.